The molecule has 1 heterocycles. The molecule has 3 rings (SSSR count). The summed E-state index contributed by atoms with van der Waals surface area (Å²) in [5.74, 6) is -1.25. The molecule has 1 aliphatic heterocycles. The van der Waals surface area contributed by atoms with Gasteiger partial charge in [-0.15, -0.1) is 0 Å². The largest absolute Gasteiger partial charge is 0.453 e. The summed E-state index contributed by atoms with van der Waals surface area (Å²) in [5, 5.41) is 4.94. The molecule has 1 aliphatic carbocycles. The minimum absolute atomic E-state index is 0.0319. The van der Waals surface area contributed by atoms with E-state index in [1.165, 1.54) is 11.2 Å². The maximum Gasteiger partial charge on any atom is 0.321 e. The van der Waals surface area contributed by atoms with Gasteiger partial charge in [-0.2, -0.15) is 4.31 Å². The van der Waals surface area contributed by atoms with Gasteiger partial charge in [0.2, 0.25) is 10.0 Å². The monoisotopic (exact) mass is 465 g/mol. The predicted octanol–water partition coefficient (Wildman–Crippen LogP) is 2.10. The van der Waals surface area contributed by atoms with Gasteiger partial charge in [-0.3, -0.25) is 14.9 Å². The summed E-state index contributed by atoms with van der Waals surface area (Å²) in [7, 11) is -3.47. The fourth-order valence-corrected chi connectivity index (χ4v) is 5.48. The average molecular weight is 466 g/mol. The maximum atomic E-state index is 12.6. The molecule has 0 spiro atoms. The number of sulfonamides is 1. The number of carbonyl (C=O) groups excluding carboxylic acids is 3. The molecule has 1 unspecified atom stereocenters. The van der Waals surface area contributed by atoms with Crippen molar-refractivity contribution in [2.75, 3.05) is 13.1 Å². The molecule has 2 aliphatic rings. The quantitative estimate of drug-likeness (QED) is 0.567. The van der Waals surface area contributed by atoms with Crippen molar-refractivity contribution < 1.29 is 27.5 Å². The first kappa shape index (κ1) is 24.2. The number of hydrogen-bond acceptors (Lipinski definition) is 6. The van der Waals surface area contributed by atoms with Crippen LogP contribution in [0.3, 0.4) is 0 Å². The second-order valence-electron chi connectivity index (χ2n) is 8.33. The number of aryl methyl sites for hydroxylation is 1. The molecule has 1 saturated heterocycles. The Bertz CT molecular complexity index is 919. The first-order chi connectivity index (χ1) is 15.3. The highest BCUT2D eigenvalue weighted by atomic mass is 32.2. The number of imide groups is 1. The molecule has 32 heavy (non-hydrogen) atoms. The lowest BCUT2D eigenvalue weighted by Gasteiger charge is -2.16. The summed E-state index contributed by atoms with van der Waals surface area (Å²) in [6.45, 7) is 2.50. The normalized spacial score (nSPS) is 18.3. The molecule has 0 aromatic heterocycles. The highest BCUT2D eigenvalue weighted by Gasteiger charge is 2.27. The van der Waals surface area contributed by atoms with Gasteiger partial charge in [-0.25, -0.2) is 13.2 Å². The molecule has 2 N–H and O–H groups in total. The Labute approximate surface area is 188 Å². The first-order valence-electron chi connectivity index (χ1n) is 11.2. The van der Waals surface area contributed by atoms with Gasteiger partial charge in [0.1, 0.15) is 0 Å². The number of benzene rings is 1. The summed E-state index contributed by atoms with van der Waals surface area (Å²) < 4.78 is 31.7. The van der Waals surface area contributed by atoms with E-state index in [0.717, 1.165) is 44.1 Å². The Balaban J connectivity index is 1.41. The second kappa shape index (κ2) is 10.9. The molecule has 0 bridgehead atoms. The van der Waals surface area contributed by atoms with Gasteiger partial charge in [0.25, 0.3) is 5.91 Å². The van der Waals surface area contributed by atoms with E-state index in [1.807, 2.05) is 0 Å². The molecule has 9 nitrogen and oxygen atoms in total. The third-order valence-corrected chi connectivity index (χ3v) is 7.76. The van der Waals surface area contributed by atoms with Gasteiger partial charge in [-0.1, -0.05) is 25.0 Å². The Kier molecular flexibility index (Phi) is 8.25. The number of nitrogens with one attached hydrogen (secondary N) is 2. The Morgan fingerprint density at radius 3 is 2.31 bits per heavy atom. The summed E-state index contributed by atoms with van der Waals surface area (Å²) in [6.07, 6.45) is 4.96. The molecule has 1 aromatic carbocycles. The van der Waals surface area contributed by atoms with Gasteiger partial charge >= 0.3 is 12.0 Å². The highest BCUT2D eigenvalue weighted by molar-refractivity contribution is 7.89. The molecule has 0 radical (unpaired) electrons. The van der Waals surface area contributed by atoms with Crippen LogP contribution in [0.25, 0.3) is 0 Å². The van der Waals surface area contributed by atoms with E-state index in [9.17, 15) is 22.8 Å². The van der Waals surface area contributed by atoms with Crippen LogP contribution in [-0.2, 0) is 30.8 Å². The van der Waals surface area contributed by atoms with Crippen molar-refractivity contribution in [1.29, 1.82) is 0 Å². The zero-order valence-electron chi connectivity index (χ0n) is 18.3. The molecule has 1 atom stereocenters. The van der Waals surface area contributed by atoms with Crippen LogP contribution in [0.5, 0.6) is 0 Å². The molecule has 176 valence electrons. The van der Waals surface area contributed by atoms with Crippen molar-refractivity contribution >= 4 is 27.9 Å². The van der Waals surface area contributed by atoms with Crippen molar-refractivity contribution in [2.24, 2.45) is 0 Å². The summed E-state index contributed by atoms with van der Waals surface area (Å²) in [4.78, 5) is 36.3. The van der Waals surface area contributed by atoms with E-state index in [4.69, 9.17) is 4.74 Å². The number of urea groups is 1. The summed E-state index contributed by atoms with van der Waals surface area (Å²) in [6, 6.07) is 5.96. The fourth-order valence-electron chi connectivity index (χ4n) is 3.97. The van der Waals surface area contributed by atoms with E-state index in [1.54, 1.807) is 24.3 Å². The van der Waals surface area contributed by atoms with Crippen LogP contribution < -0.4 is 10.6 Å². The lowest BCUT2D eigenvalue weighted by atomic mass is 10.1. The number of carbonyl (C=O) groups is 3. The zero-order valence-corrected chi connectivity index (χ0v) is 19.2. The van der Waals surface area contributed by atoms with Gasteiger partial charge in [0.05, 0.1) is 4.90 Å². The molecule has 1 saturated carbocycles. The number of hydrogen-bond donors (Lipinski definition) is 2. The van der Waals surface area contributed by atoms with Crippen LogP contribution >= 0.6 is 0 Å². The Morgan fingerprint density at radius 1 is 1.06 bits per heavy atom. The third-order valence-electron chi connectivity index (χ3n) is 5.85. The van der Waals surface area contributed by atoms with Crippen molar-refractivity contribution in [2.45, 2.75) is 75.3 Å². The van der Waals surface area contributed by atoms with Crippen LogP contribution in [-0.4, -0.2) is 55.9 Å². The van der Waals surface area contributed by atoms with Gasteiger partial charge in [0.15, 0.2) is 6.10 Å². The fraction of sp³-hybridized carbons (Fsp3) is 0.591. The first-order valence-corrected chi connectivity index (χ1v) is 12.6. The molecule has 10 heteroatoms. The number of nitrogens with zero attached hydrogens (tertiary/aromatic N) is 1. The van der Waals surface area contributed by atoms with Crippen LogP contribution in [0.2, 0.25) is 0 Å². The van der Waals surface area contributed by atoms with E-state index >= 15 is 0 Å². The maximum absolute atomic E-state index is 12.6. The Morgan fingerprint density at radius 2 is 1.69 bits per heavy atom. The molecular formula is C22H31N3O6S. The number of esters is 1. The Hall–Kier alpha value is -2.46. The summed E-state index contributed by atoms with van der Waals surface area (Å²) in [5.41, 5.74) is 0.787. The highest BCUT2D eigenvalue weighted by Crippen LogP contribution is 2.21. The van der Waals surface area contributed by atoms with E-state index in [2.05, 4.69) is 10.6 Å². The van der Waals surface area contributed by atoms with Crippen LogP contribution in [0, 0.1) is 0 Å². The molecular weight excluding hydrogens is 434 g/mol. The third kappa shape index (κ3) is 6.52. The predicted molar refractivity (Wildman–Crippen MR) is 117 cm³/mol. The van der Waals surface area contributed by atoms with Crippen LogP contribution in [0.1, 0.15) is 57.4 Å². The van der Waals surface area contributed by atoms with E-state index in [0.29, 0.717) is 19.5 Å². The van der Waals surface area contributed by atoms with Crippen molar-refractivity contribution in [3.63, 3.8) is 0 Å². The number of amides is 3. The van der Waals surface area contributed by atoms with Gasteiger partial charge in [-0.05, 0) is 56.7 Å². The minimum Gasteiger partial charge on any atom is -0.453 e. The van der Waals surface area contributed by atoms with Crippen LogP contribution in [0.15, 0.2) is 29.2 Å². The van der Waals surface area contributed by atoms with E-state index in [-0.39, 0.29) is 17.4 Å². The van der Waals surface area contributed by atoms with E-state index < -0.39 is 34.0 Å². The molecule has 3 amide bonds. The lowest BCUT2D eigenvalue weighted by Crippen LogP contribution is -2.47. The molecule has 2 fully saturated rings. The number of rotatable bonds is 8. The van der Waals surface area contributed by atoms with Gasteiger partial charge < -0.3 is 10.1 Å². The topological polar surface area (TPSA) is 122 Å². The summed E-state index contributed by atoms with van der Waals surface area (Å²) >= 11 is 0. The second-order valence-corrected chi connectivity index (χ2v) is 10.3. The van der Waals surface area contributed by atoms with Crippen LogP contribution in [0.4, 0.5) is 4.79 Å². The molecule has 1 aromatic rings. The standard InChI is InChI=1S/C22H31N3O6S/c1-16(21(27)24-22(28)23-18-6-2-3-7-18)31-20(26)13-10-17-8-11-19(12-9-17)32(29,30)25-14-4-5-15-25/h8-9,11-12,16,18H,2-7,10,13-15H2,1H3,(H2,23,24,27,28). The smallest absolute Gasteiger partial charge is 0.321 e. The SMILES string of the molecule is CC(OC(=O)CCc1ccc(S(=O)(=O)N2CCCC2)cc1)C(=O)NC(=O)NC1CCCC1. The number of ether oxygens (including phenoxy) is 1. The van der Waals surface area contributed by atoms with Crippen molar-refractivity contribution in [3.05, 3.63) is 29.8 Å². The zero-order chi connectivity index (χ0) is 23.1. The lowest BCUT2D eigenvalue weighted by molar-refractivity contribution is -0.154. The van der Waals surface area contributed by atoms with Gasteiger partial charge in [0, 0.05) is 25.6 Å². The van der Waals surface area contributed by atoms with Crippen molar-refractivity contribution in [1.82, 2.24) is 14.9 Å². The van der Waals surface area contributed by atoms with Crippen molar-refractivity contribution in [3.8, 4) is 0 Å². The average Bonchev–Trinajstić information content (AvgIpc) is 3.47. The minimum atomic E-state index is -3.47.